The number of methoxy groups -OCH3 is 2. The van der Waals surface area contributed by atoms with Crippen molar-refractivity contribution >= 4 is 11.0 Å². The summed E-state index contributed by atoms with van der Waals surface area (Å²) in [6, 6.07) is 7.00. The van der Waals surface area contributed by atoms with E-state index in [2.05, 4.69) is 0 Å². The zero-order chi connectivity index (χ0) is 19.4. The first kappa shape index (κ1) is 19.0. The molecule has 0 spiro atoms. The normalized spacial score (nSPS) is 10.2. The largest absolute Gasteiger partial charge is 0.504 e. The summed E-state index contributed by atoms with van der Waals surface area (Å²) in [6.07, 6.45) is 0. The quantitative estimate of drug-likeness (QED) is 0.612. The number of fused-ring (bicyclic) bond motifs is 1. The summed E-state index contributed by atoms with van der Waals surface area (Å²) in [7, 11) is 2.73. The molecular weight excluding hydrogens is 340 g/mol. The van der Waals surface area contributed by atoms with Crippen LogP contribution in [0.1, 0.15) is 13.8 Å². The minimum absolute atomic E-state index is 0.0297. The van der Waals surface area contributed by atoms with Crippen molar-refractivity contribution < 1.29 is 29.2 Å². The van der Waals surface area contributed by atoms with Crippen LogP contribution >= 0.6 is 0 Å². The average molecular weight is 360 g/mol. The van der Waals surface area contributed by atoms with Crippen LogP contribution in [-0.2, 0) is 0 Å². The van der Waals surface area contributed by atoms with Crippen molar-refractivity contribution in [2.45, 2.75) is 13.8 Å². The summed E-state index contributed by atoms with van der Waals surface area (Å²) in [6.45, 7) is 4.00. The SMILES string of the molecule is CC.COc1ccc(-c2cc(=O)c3c(O)c(O)c(OC)cc3o2)cc1O. The lowest BCUT2D eigenvalue weighted by Gasteiger charge is -2.10. The Bertz CT molecular complexity index is 989. The summed E-state index contributed by atoms with van der Waals surface area (Å²) in [5.74, 6) is -0.820. The van der Waals surface area contributed by atoms with E-state index < -0.39 is 16.9 Å². The van der Waals surface area contributed by atoms with Gasteiger partial charge in [-0.1, -0.05) is 13.8 Å². The molecule has 0 aliphatic carbocycles. The third-order valence-electron chi connectivity index (χ3n) is 3.61. The minimum atomic E-state index is -0.609. The third kappa shape index (κ3) is 3.23. The Morgan fingerprint density at radius 1 is 0.885 bits per heavy atom. The van der Waals surface area contributed by atoms with E-state index in [-0.39, 0.29) is 34.0 Å². The van der Waals surface area contributed by atoms with Gasteiger partial charge in [-0.05, 0) is 18.2 Å². The maximum absolute atomic E-state index is 12.3. The van der Waals surface area contributed by atoms with Crippen molar-refractivity contribution in [2.75, 3.05) is 14.2 Å². The van der Waals surface area contributed by atoms with Gasteiger partial charge in [0.05, 0.1) is 14.2 Å². The molecule has 0 saturated heterocycles. The monoisotopic (exact) mass is 360 g/mol. The van der Waals surface area contributed by atoms with Crippen LogP contribution < -0.4 is 14.9 Å². The molecule has 0 bridgehead atoms. The van der Waals surface area contributed by atoms with Gasteiger partial charge >= 0.3 is 0 Å². The molecule has 138 valence electrons. The number of phenolic OH excluding ortho intramolecular Hbond substituents is 3. The van der Waals surface area contributed by atoms with Crippen LogP contribution in [0.25, 0.3) is 22.3 Å². The number of benzene rings is 2. The van der Waals surface area contributed by atoms with Crippen molar-refractivity contribution in [3.63, 3.8) is 0 Å². The molecule has 0 amide bonds. The molecule has 2 aromatic carbocycles. The fraction of sp³-hybridized carbons (Fsp3) is 0.211. The van der Waals surface area contributed by atoms with Crippen molar-refractivity contribution in [2.24, 2.45) is 0 Å². The molecule has 26 heavy (non-hydrogen) atoms. The predicted octanol–water partition coefficient (Wildman–Crippen LogP) is 3.62. The Morgan fingerprint density at radius 3 is 2.12 bits per heavy atom. The molecule has 7 nitrogen and oxygen atoms in total. The highest BCUT2D eigenvalue weighted by atomic mass is 16.5. The number of ether oxygens (including phenoxy) is 2. The zero-order valence-corrected chi connectivity index (χ0v) is 14.9. The highest BCUT2D eigenvalue weighted by molar-refractivity contribution is 5.89. The fourth-order valence-electron chi connectivity index (χ4n) is 2.41. The van der Waals surface area contributed by atoms with Crippen LogP contribution in [0.4, 0.5) is 0 Å². The van der Waals surface area contributed by atoms with Gasteiger partial charge in [-0.3, -0.25) is 4.79 Å². The van der Waals surface area contributed by atoms with Crippen LogP contribution in [0.5, 0.6) is 28.7 Å². The molecule has 3 N–H and O–H groups in total. The van der Waals surface area contributed by atoms with Gasteiger partial charge in [0, 0.05) is 17.7 Å². The third-order valence-corrected chi connectivity index (χ3v) is 3.61. The Balaban J connectivity index is 0.00000117. The lowest BCUT2D eigenvalue weighted by molar-refractivity contribution is 0.352. The van der Waals surface area contributed by atoms with Crippen molar-refractivity contribution in [1.29, 1.82) is 0 Å². The molecule has 0 unspecified atom stereocenters. The van der Waals surface area contributed by atoms with Crippen molar-refractivity contribution in [3.8, 4) is 40.1 Å². The van der Waals surface area contributed by atoms with E-state index in [9.17, 15) is 20.1 Å². The van der Waals surface area contributed by atoms with E-state index in [4.69, 9.17) is 13.9 Å². The van der Waals surface area contributed by atoms with Gasteiger partial charge in [-0.25, -0.2) is 0 Å². The van der Waals surface area contributed by atoms with Gasteiger partial charge in [-0.15, -0.1) is 0 Å². The van der Waals surface area contributed by atoms with Gasteiger partial charge in [0.15, 0.2) is 28.4 Å². The molecule has 1 heterocycles. The molecular formula is C19H20O7. The van der Waals surface area contributed by atoms with Crippen LogP contribution in [0, 0.1) is 0 Å². The molecule has 3 rings (SSSR count). The number of aromatic hydroxyl groups is 3. The van der Waals surface area contributed by atoms with Crippen LogP contribution in [0.2, 0.25) is 0 Å². The fourth-order valence-corrected chi connectivity index (χ4v) is 2.41. The number of hydrogen-bond acceptors (Lipinski definition) is 7. The molecule has 0 radical (unpaired) electrons. The van der Waals surface area contributed by atoms with Gasteiger partial charge in [0.2, 0.25) is 5.75 Å². The molecule has 3 aromatic rings. The van der Waals surface area contributed by atoms with E-state index in [1.54, 1.807) is 6.07 Å². The summed E-state index contributed by atoms with van der Waals surface area (Å²) in [5.41, 5.74) is -0.0594. The number of rotatable bonds is 3. The second-order valence-corrected chi connectivity index (χ2v) is 5.01. The molecule has 0 saturated carbocycles. The Labute approximate surface area is 149 Å². The van der Waals surface area contributed by atoms with E-state index in [0.717, 1.165) is 6.07 Å². The van der Waals surface area contributed by atoms with Crippen LogP contribution in [0.15, 0.2) is 39.5 Å². The lowest BCUT2D eigenvalue weighted by Crippen LogP contribution is -2.01. The Hall–Kier alpha value is -3.35. The van der Waals surface area contributed by atoms with Crippen molar-refractivity contribution in [1.82, 2.24) is 0 Å². The van der Waals surface area contributed by atoms with Crippen LogP contribution in [-0.4, -0.2) is 29.5 Å². The predicted molar refractivity (Wildman–Crippen MR) is 97.4 cm³/mol. The summed E-state index contributed by atoms with van der Waals surface area (Å²) >= 11 is 0. The van der Waals surface area contributed by atoms with Crippen LogP contribution in [0.3, 0.4) is 0 Å². The van der Waals surface area contributed by atoms with E-state index >= 15 is 0 Å². The molecule has 1 aromatic heterocycles. The Kier molecular flexibility index (Phi) is 5.61. The van der Waals surface area contributed by atoms with Gasteiger partial charge in [-0.2, -0.15) is 0 Å². The maximum Gasteiger partial charge on any atom is 0.201 e. The van der Waals surface area contributed by atoms with Gasteiger partial charge in [0.1, 0.15) is 16.7 Å². The van der Waals surface area contributed by atoms with Gasteiger partial charge < -0.3 is 29.2 Å². The highest BCUT2D eigenvalue weighted by Crippen LogP contribution is 2.41. The first-order chi connectivity index (χ1) is 12.5. The first-order valence-corrected chi connectivity index (χ1v) is 7.90. The van der Waals surface area contributed by atoms with E-state index in [1.165, 1.54) is 32.4 Å². The molecule has 0 fully saturated rings. The molecule has 0 aliphatic heterocycles. The molecule has 0 atom stereocenters. The highest BCUT2D eigenvalue weighted by Gasteiger charge is 2.18. The van der Waals surface area contributed by atoms with Gasteiger partial charge in [0.25, 0.3) is 0 Å². The van der Waals surface area contributed by atoms with Crippen molar-refractivity contribution in [3.05, 3.63) is 40.6 Å². The second kappa shape index (κ2) is 7.69. The lowest BCUT2D eigenvalue weighted by atomic mass is 10.1. The Morgan fingerprint density at radius 2 is 1.54 bits per heavy atom. The average Bonchev–Trinajstić information content (AvgIpc) is 2.65. The second-order valence-electron chi connectivity index (χ2n) is 5.01. The maximum atomic E-state index is 12.3. The standard InChI is InChI=1S/C17H14O7.C2H6/c1-22-11-4-3-8(5-9(11)18)12-6-10(19)15-13(24-12)7-14(23-2)16(20)17(15)21;1-2/h3-7,18,20-21H,1-2H3;1-2H3. The van der Waals surface area contributed by atoms with E-state index in [0.29, 0.717) is 5.56 Å². The number of hydrogen-bond donors (Lipinski definition) is 3. The first-order valence-electron chi connectivity index (χ1n) is 7.90. The smallest absolute Gasteiger partial charge is 0.201 e. The summed E-state index contributed by atoms with van der Waals surface area (Å²) < 4.78 is 15.5. The minimum Gasteiger partial charge on any atom is -0.504 e. The summed E-state index contributed by atoms with van der Waals surface area (Å²) in [4.78, 5) is 12.3. The summed E-state index contributed by atoms with van der Waals surface area (Å²) in [5, 5.41) is 29.5. The topological polar surface area (TPSA) is 109 Å². The zero-order valence-electron chi connectivity index (χ0n) is 14.9. The van der Waals surface area contributed by atoms with E-state index in [1.807, 2.05) is 13.8 Å². The molecule has 7 heteroatoms. The number of phenols is 3. The molecule has 0 aliphatic rings.